The van der Waals surface area contributed by atoms with E-state index in [1.807, 2.05) is 0 Å². The van der Waals surface area contributed by atoms with Gasteiger partial charge in [0.1, 0.15) is 11.4 Å². The van der Waals surface area contributed by atoms with Crippen molar-refractivity contribution < 1.29 is 29.0 Å². The molecule has 0 aliphatic carbocycles. The van der Waals surface area contributed by atoms with Crippen molar-refractivity contribution in [2.24, 2.45) is 0 Å². The van der Waals surface area contributed by atoms with Gasteiger partial charge in [-0.1, -0.05) is 12.1 Å². The molecule has 1 aromatic heterocycles. The van der Waals surface area contributed by atoms with Crippen LogP contribution in [0.4, 0.5) is 10.1 Å². The molecule has 2 aromatic carbocycles. The van der Waals surface area contributed by atoms with Crippen molar-refractivity contribution in [1.82, 2.24) is 9.47 Å². The number of amides is 1. The molecular formula is C24H22FN3O6. The van der Waals surface area contributed by atoms with E-state index in [2.05, 4.69) is 0 Å². The highest BCUT2D eigenvalue weighted by atomic mass is 19.1. The fourth-order valence-electron chi connectivity index (χ4n) is 4.23. The number of aromatic nitrogens is 1. The molecule has 1 fully saturated rings. The maximum absolute atomic E-state index is 15.0. The Kier molecular flexibility index (Phi) is 6.06. The number of carboxylic acids is 2. The summed E-state index contributed by atoms with van der Waals surface area (Å²) < 4.78 is 16.6. The van der Waals surface area contributed by atoms with E-state index >= 15 is 4.39 Å². The van der Waals surface area contributed by atoms with Crippen molar-refractivity contribution in [2.45, 2.75) is 13.5 Å². The van der Waals surface area contributed by atoms with Gasteiger partial charge in [-0.15, -0.1) is 0 Å². The molecule has 0 saturated carbocycles. The lowest BCUT2D eigenvalue weighted by atomic mass is 10.1. The topological polar surface area (TPSA) is 120 Å². The quantitative estimate of drug-likeness (QED) is 0.592. The van der Waals surface area contributed by atoms with Gasteiger partial charge in [0.05, 0.1) is 22.3 Å². The van der Waals surface area contributed by atoms with Crippen LogP contribution in [0.15, 0.2) is 47.4 Å². The van der Waals surface area contributed by atoms with Crippen molar-refractivity contribution in [2.75, 3.05) is 31.1 Å². The molecule has 34 heavy (non-hydrogen) atoms. The van der Waals surface area contributed by atoms with Crippen LogP contribution >= 0.6 is 0 Å². The molecule has 1 saturated heterocycles. The predicted molar refractivity (Wildman–Crippen MR) is 122 cm³/mol. The number of carbonyl (C=O) groups excluding carboxylic acids is 1. The van der Waals surface area contributed by atoms with E-state index < -0.39 is 34.7 Å². The summed E-state index contributed by atoms with van der Waals surface area (Å²) >= 11 is 0. The first-order valence-electron chi connectivity index (χ1n) is 10.7. The normalized spacial score (nSPS) is 13.8. The summed E-state index contributed by atoms with van der Waals surface area (Å²) in [5.74, 6) is -3.62. The van der Waals surface area contributed by atoms with E-state index in [4.69, 9.17) is 0 Å². The summed E-state index contributed by atoms with van der Waals surface area (Å²) in [6, 6.07) is 8.58. The Hall–Kier alpha value is -4.21. The molecule has 1 aliphatic rings. The average Bonchev–Trinajstić information content (AvgIpc) is 2.83. The number of halogens is 1. The third kappa shape index (κ3) is 3.98. The summed E-state index contributed by atoms with van der Waals surface area (Å²) in [7, 11) is 0. The zero-order chi connectivity index (χ0) is 24.6. The van der Waals surface area contributed by atoms with Gasteiger partial charge in [0.25, 0.3) is 5.91 Å². The number of benzene rings is 2. The van der Waals surface area contributed by atoms with E-state index in [1.165, 1.54) is 29.3 Å². The third-order valence-corrected chi connectivity index (χ3v) is 6.02. The lowest BCUT2D eigenvalue weighted by Gasteiger charge is -2.36. The lowest BCUT2D eigenvalue weighted by Crippen LogP contribution is -2.49. The molecule has 0 bridgehead atoms. The Labute approximate surface area is 193 Å². The minimum Gasteiger partial charge on any atom is -0.478 e. The highest BCUT2D eigenvalue weighted by Gasteiger charge is 2.27. The summed E-state index contributed by atoms with van der Waals surface area (Å²) in [5, 5.41) is 18.6. The van der Waals surface area contributed by atoms with Crippen LogP contribution in [0.3, 0.4) is 0 Å². The number of aromatic carboxylic acids is 2. The standard InChI is InChI=1S/C24H22FN3O6/c1-2-26-13-17(24(33)34)21(29)16-11-18(25)20(12-19(16)26)27-7-9-28(10-8-27)22(30)14-5-3-4-6-15(14)23(31)32/h3-6,11-13H,2,7-10H2,1H3,(H,31,32)(H,33,34). The minimum absolute atomic E-state index is 0.0120. The van der Waals surface area contributed by atoms with Gasteiger partial charge < -0.3 is 24.6 Å². The van der Waals surface area contributed by atoms with Crippen LogP contribution in [0.25, 0.3) is 10.9 Å². The zero-order valence-corrected chi connectivity index (χ0v) is 18.3. The highest BCUT2D eigenvalue weighted by molar-refractivity contribution is 6.04. The predicted octanol–water partition coefficient (Wildman–Crippen LogP) is 2.52. The Morgan fingerprint density at radius 3 is 2.15 bits per heavy atom. The first-order valence-corrected chi connectivity index (χ1v) is 10.7. The lowest BCUT2D eigenvalue weighted by molar-refractivity contribution is 0.0671. The molecule has 10 heteroatoms. The number of hydrogen-bond acceptors (Lipinski definition) is 5. The van der Waals surface area contributed by atoms with Crippen LogP contribution in [-0.2, 0) is 6.54 Å². The summed E-state index contributed by atoms with van der Waals surface area (Å²) in [6.07, 6.45) is 1.26. The molecule has 2 N–H and O–H groups in total. The second-order valence-electron chi connectivity index (χ2n) is 7.91. The molecule has 0 atom stereocenters. The van der Waals surface area contributed by atoms with Crippen LogP contribution in [0, 0.1) is 5.82 Å². The number of nitrogens with zero attached hydrogens (tertiary/aromatic N) is 3. The Bertz CT molecular complexity index is 1380. The van der Waals surface area contributed by atoms with Crippen LogP contribution in [-0.4, -0.2) is 63.7 Å². The van der Waals surface area contributed by atoms with Crippen LogP contribution < -0.4 is 10.3 Å². The Balaban J connectivity index is 1.61. The zero-order valence-electron chi connectivity index (χ0n) is 18.3. The number of piperazine rings is 1. The van der Waals surface area contributed by atoms with Crippen molar-refractivity contribution in [3.8, 4) is 0 Å². The minimum atomic E-state index is -1.37. The van der Waals surface area contributed by atoms with Crippen molar-refractivity contribution in [3.63, 3.8) is 0 Å². The van der Waals surface area contributed by atoms with Crippen molar-refractivity contribution in [3.05, 3.63) is 75.3 Å². The first kappa shape index (κ1) is 23.0. The number of rotatable bonds is 5. The van der Waals surface area contributed by atoms with Gasteiger partial charge in [-0.25, -0.2) is 14.0 Å². The van der Waals surface area contributed by atoms with Gasteiger partial charge in [0.15, 0.2) is 0 Å². The number of carbonyl (C=O) groups is 3. The van der Waals surface area contributed by atoms with Crippen molar-refractivity contribution in [1.29, 1.82) is 0 Å². The molecule has 4 rings (SSSR count). The van der Waals surface area contributed by atoms with Gasteiger partial charge in [-0.2, -0.15) is 0 Å². The smallest absolute Gasteiger partial charge is 0.341 e. The fraction of sp³-hybridized carbons (Fsp3) is 0.250. The molecule has 0 radical (unpaired) electrons. The molecule has 1 amide bonds. The van der Waals surface area contributed by atoms with E-state index in [0.717, 1.165) is 6.07 Å². The monoisotopic (exact) mass is 467 g/mol. The maximum atomic E-state index is 15.0. The molecular weight excluding hydrogens is 445 g/mol. The SMILES string of the molecule is CCn1cc(C(=O)O)c(=O)c2cc(F)c(N3CCN(C(=O)c4ccccc4C(=O)O)CC3)cc21. The van der Waals surface area contributed by atoms with Crippen LogP contribution in [0.2, 0.25) is 0 Å². The number of carboxylic acid groups (broad SMARTS) is 2. The Morgan fingerprint density at radius 1 is 0.941 bits per heavy atom. The van der Waals surface area contributed by atoms with Crippen LogP contribution in [0.5, 0.6) is 0 Å². The Morgan fingerprint density at radius 2 is 1.56 bits per heavy atom. The molecule has 176 valence electrons. The molecule has 2 heterocycles. The maximum Gasteiger partial charge on any atom is 0.341 e. The van der Waals surface area contributed by atoms with Gasteiger partial charge in [-0.05, 0) is 31.2 Å². The molecule has 1 aliphatic heterocycles. The number of pyridine rings is 1. The first-order chi connectivity index (χ1) is 16.2. The molecule has 3 aromatic rings. The van der Waals surface area contributed by atoms with E-state index in [9.17, 15) is 29.4 Å². The second kappa shape index (κ2) is 8.97. The van der Waals surface area contributed by atoms with Crippen LogP contribution in [0.1, 0.15) is 38.0 Å². The van der Waals surface area contributed by atoms with Gasteiger partial charge >= 0.3 is 11.9 Å². The van der Waals surface area contributed by atoms with E-state index in [1.54, 1.807) is 28.5 Å². The number of hydrogen-bond donors (Lipinski definition) is 2. The van der Waals surface area contributed by atoms with E-state index in [0.29, 0.717) is 25.2 Å². The molecule has 0 unspecified atom stereocenters. The highest BCUT2D eigenvalue weighted by Crippen LogP contribution is 2.27. The second-order valence-corrected chi connectivity index (χ2v) is 7.91. The summed E-state index contributed by atoms with van der Waals surface area (Å²) in [6.45, 7) is 3.27. The van der Waals surface area contributed by atoms with Gasteiger partial charge in [0.2, 0.25) is 5.43 Å². The van der Waals surface area contributed by atoms with Crippen molar-refractivity contribution >= 4 is 34.4 Å². The summed E-state index contributed by atoms with van der Waals surface area (Å²) in [5.41, 5.74) is -0.478. The fourth-order valence-corrected chi connectivity index (χ4v) is 4.23. The van der Waals surface area contributed by atoms with Gasteiger partial charge in [-0.3, -0.25) is 9.59 Å². The summed E-state index contributed by atoms with van der Waals surface area (Å²) in [4.78, 5) is 51.6. The molecule has 9 nitrogen and oxygen atoms in total. The average molecular weight is 467 g/mol. The number of anilines is 1. The third-order valence-electron chi connectivity index (χ3n) is 6.02. The molecule has 0 spiro atoms. The van der Waals surface area contributed by atoms with E-state index in [-0.39, 0.29) is 35.3 Å². The number of aryl methyl sites for hydroxylation is 1. The number of fused-ring (bicyclic) bond motifs is 1. The van der Waals surface area contributed by atoms with Gasteiger partial charge in [0, 0.05) is 44.3 Å². The largest absolute Gasteiger partial charge is 0.478 e.